The third-order valence-electron chi connectivity index (χ3n) is 2.73. The van der Waals surface area contributed by atoms with Crippen molar-refractivity contribution in [2.24, 2.45) is 5.73 Å². The van der Waals surface area contributed by atoms with Crippen molar-refractivity contribution in [3.8, 4) is 6.07 Å². The van der Waals surface area contributed by atoms with Gasteiger partial charge in [-0.05, 0) is 24.4 Å². The molecular formula is C14H11FN2. The van der Waals surface area contributed by atoms with Crippen molar-refractivity contribution >= 4 is 16.5 Å². The van der Waals surface area contributed by atoms with Crippen LogP contribution in [0.3, 0.4) is 0 Å². The van der Waals surface area contributed by atoms with Gasteiger partial charge in [-0.2, -0.15) is 5.26 Å². The van der Waals surface area contributed by atoms with Crippen LogP contribution in [0.1, 0.15) is 12.5 Å². The van der Waals surface area contributed by atoms with Gasteiger partial charge in [-0.3, -0.25) is 0 Å². The molecule has 0 spiro atoms. The van der Waals surface area contributed by atoms with E-state index in [0.29, 0.717) is 22.2 Å². The van der Waals surface area contributed by atoms with Crippen LogP contribution in [0.4, 0.5) is 4.39 Å². The number of hydrogen-bond acceptors (Lipinski definition) is 2. The smallest absolute Gasteiger partial charge is 0.131 e. The Labute approximate surface area is 98.8 Å². The number of nitrogens with zero attached hydrogens (tertiary/aromatic N) is 1. The second kappa shape index (κ2) is 4.26. The van der Waals surface area contributed by atoms with Gasteiger partial charge in [0.05, 0.1) is 11.8 Å². The molecule has 2 nitrogen and oxygen atoms in total. The quantitative estimate of drug-likeness (QED) is 0.759. The fraction of sp³-hybridized carbons (Fsp3) is 0.0714. The van der Waals surface area contributed by atoms with E-state index in [1.807, 2.05) is 12.1 Å². The minimum atomic E-state index is -0.285. The average Bonchev–Trinajstić information content (AvgIpc) is 2.38. The number of benzene rings is 2. The summed E-state index contributed by atoms with van der Waals surface area (Å²) in [6.07, 6.45) is 0. The maximum absolute atomic E-state index is 13.6. The lowest BCUT2D eigenvalue weighted by Gasteiger charge is -2.08. The van der Waals surface area contributed by atoms with E-state index in [2.05, 4.69) is 0 Å². The van der Waals surface area contributed by atoms with Crippen molar-refractivity contribution in [2.45, 2.75) is 6.92 Å². The lowest BCUT2D eigenvalue weighted by molar-refractivity contribution is 0.640. The van der Waals surface area contributed by atoms with Crippen LogP contribution in [0.25, 0.3) is 16.5 Å². The third-order valence-corrected chi connectivity index (χ3v) is 2.73. The Morgan fingerprint density at radius 2 is 1.82 bits per heavy atom. The highest BCUT2D eigenvalue weighted by Crippen LogP contribution is 2.26. The van der Waals surface area contributed by atoms with E-state index in [9.17, 15) is 4.39 Å². The van der Waals surface area contributed by atoms with Gasteiger partial charge in [0.1, 0.15) is 5.82 Å². The van der Waals surface area contributed by atoms with Crippen LogP contribution in [0.15, 0.2) is 42.0 Å². The van der Waals surface area contributed by atoms with Crippen LogP contribution in [0, 0.1) is 17.1 Å². The number of nitriles is 1. The number of allylic oxidation sites excluding steroid dienone is 1. The molecule has 0 saturated carbocycles. The van der Waals surface area contributed by atoms with Crippen molar-refractivity contribution in [1.29, 1.82) is 5.26 Å². The van der Waals surface area contributed by atoms with Crippen LogP contribution in [0.2, 0.25) is 0 Å². The number of rotatable bonds is 1. The Bertz CT molecular complexity index is 651. The maximum Gasteiger partial charge on any atom is 0.131 e. The first-order chi connectivity index (χ1) is 8.15. The Kier molecular flexibility index (Phi) is 2.80. The normalized spacial score (nSPS) is 12.1. The molecule has 0 aromatic heterocycles. The summed E-state index contributed by atoms with van der Waals surface area (Å²) < 4.78 is 13.6. The van der Waals surface area contributed by atoms with Gasteiger partial charge in [0.2, 0.25) is 0 Å². The zero-order chi connectivity index (χ0) is 12.4. The van der Waals surface area contributed by atoms with E-state index in [1.165, 1.54) is 6.07 Å². The van der Waals surface area contributed by atoms with E-state index in [0.717, 1.165) is 5.39 Å². The van der Waals surface area contributed by atoms with E-state index >= 15 is 0 Å². The molecule has 0 saturated heterocycles. The summed E-state index contributed by atoms with van der Waals surface area (Å²) >= 11 is 0. The summed E-state index contributed by atoms with van der Waals surface area (Å²) in [5.41, 5.74) is 7.42. The fourth-order valence-corrected chi connectivity index (χ4v) is 1.76. The van der Waals surface area contributed by atoms with Crippen LogP contribution in [0.5, 0.6) is 0 Å². The molecule has 0 radical (unpaired) electrons. The summed E-state index contributed by atoms with van der Waals surface area (Å²) in [6, 6.07) is 12.1. The summed E-state index contributed by atoms with van der Waals surface area (Å²) in [5, 5.41) is 10.1. The lowest BCUT2D eigenvalue weighted by Crippen LogP contribution is -2.00. The molecule has 0 aliphatic carbocycles. The van der Waals surface area contributed by atoms with Crippen LogP contribution in [-0.2, 0) is 0 Å². The van der Waals surface area contributed by atoms with Gasteiger partial charge in [-0.15, -0.1) is 0 Å². The topological polar surface area (TPSA) is 49.8 Å². The standard InChI is InChI=1S/C14H11FN2/c1-9(8-16)14(17)12-6-7-13(15)11-5-3-2-4-10(11)12/h2-7H,17H2,1H3/b14-9-. The molecule has 2 aromatic carbocycles. The molecule has 2 rings (SSSR count). The van der Waals surface area contributed by atoms with Crippen molar-refractivity contribution in [2.75, 3.05) is 0 Å². The van der Waals surface area contributed by atoms with Crippen molar-refractivity contribution in [3.63, 3.8) is 0 Å². The lowest BCUT2D eigenvalue weighted by atomic mass is 10.00. The Morgan fingerprint density at radius 3 is 2.47 bits per heavy atom. The predicted octanol–water partition coefficient (Wildman–Crippen LogP) is 3.19. The zero-order valence-corrected chi connectivity index (χ0v) is 9.37. The number of fused-ring (bicyclic) bond motifs is 1. The predicted molar refractivity (Wildman–Crippen MR) is 66.3 cm³/mol. The maximum atomic E-state index is 13.6. The molecule has 0 bridgehead atoms. The molecule has 3 heteroatoms. The molecule has 0 unspecified atom stereocenters. The molecule has 0 atom stereocenters. The molecule has 0 amide bonds. The number of halogens is 1. The van der Waals surface area contributed by atoms with Crippen LogP contribution in [-0.4, -0.2) is 0 Å². The Morgan fingerprint density at radius 1 is 1.18 bits per heavy atom. The highest BCUT2D eigenvalue weighted by molar-refractivity contribution is 5.94. The first-order valence-corrected chi connectivity index (χ1v) is 5.19. The fourth-order valence-electron chi connectivity index (χ4n) is 1.76. The molecule has 0 fully saturated rings. The summed E-state index contributed by atoms with van der Waals surface area (Å²) in [6.45, 7) is 1.65. The van der Waals surface area contributed by atoms with Crippen molar-refractivity contribution < 1.29 is 4.39 Å². The summed E-state index contributed by atoms with van der Waals surface area (Å²) in [7, 11) is 0. The van der Waals surface area contributed by atoms with Gasteiger partial charge >= 0.3 is 0 Å². The molecule has 0 heterocycles. The van der Waals surface area contributed by atoms with Gasteiger partial charge < -0.3 is 5.73 Å². The first-order valence-electron chi connectivity index (χ1n) is 5.19. The molecule has 84 valence electrons. The largest absolute Gasteiger partial charge is 0.397 e. The number of hydrogen-bond donors (Lipinski definition) is 1. The average molecular weight is 226 g/mol. The van der Waals surface area contributed by atoms with Crippen molar-refractivity contribution in [3.05, 3.63) is 53.4 Å². The Balaban J connectivity index is 2.82. The second-order valence-corrected chi connectivity index (χ2v) is 3.79. The van der Waals surface area contributed by atoms with Gasteiger partial charge in [-0.1, -0.05) is 24.3 Å². The molecule has 0 aliphatic rings. The summed E-state index contributed by atoms with van der Waals surface area (Å²) in [5.74, 6) is -0.285. The van der Waals surface area contributed by atoms with Gasteiger partial charge in [-0.25, -0.2) is 4.39 Å². The molecule has 2 aromatic rings. The SMILES string of the molecule is C/C(C#N)=C(/N)c1ccc(F)c2ccccc12. The molecular weight excluding hydrogens is 215 g/mol. The van der Waals surface area contributed by atoms with E-state index in [1.54, 1.807) is 31.2 Å². The van der Waals surface area contributed by atoms with E-state index in [4.69, 9.17) is 11.0 Å². The molecule has 2 N–H and O–H groups in total. The van der Waals surface area contributed by atoms with Gasteiger partial charge in [0, 0.05) is 16.5 Å². The minimum absolute atomic E-state index is 0.285. The second-order valence-electron chi connectivity index (χ2n) is 3.79. The van der Waals surface area contributed by atoms with Gasteiger partial charge in [0.15, 0.2) is 0 Å². The highest BCUT2D eigenvalue weighted by Gasteiger charge is 2.08. The number of nitrogens with two attached hydrogens (primary N) is 1. The monoisotopic (exact) mass is 226 g/mol. The summed E-state index contributed by atoms with van der Waals surface area (Å²) in [4.78, 5) is 0. The van der Waals surface area contributed by atoms with Crippen LogP contribution >= 0.6 is 0 Å². The molecule has 17 heavy (non-hydrogen) atoms. The Hall–Kier alpha value is -2.34. The van der Waals surface area contributed by atoms with E-state index < -0.39 is 0 Å². The third kappa shape index (κ3) is 1.85. The zero-order valence-electron chi connectivity index (χ0n) is 9.37. The van der Waals surface area contributed by atoms with Crippen molar-refractivity contribution in [1.82, 2.24) is 0 Å². The highest BCUT2D eigenvalue weighted by atomic mass is 19.1. The molecule has 0 aliphatic heterocycles. The minimum Gasteiger partial charge on any atom is -0.397 e. The first kappa shape index (κ1) is 11.2. The van der Waals surface area contributed by atoms with E-state index in [-0.39, 0.29) is 5.82 Å². The van der Waals surface area contributed by atoms with Gasteiger partial charge in [0.25, 0.3) is 0 Å². The van der Waals surface area contributed by atoms with Crippen LogP contribution < -0.4 is 5.73 Å².